The molecule has 0 amide bonds. The van der Waals surface area contributed by atoms with Crippen LogP contribution in [0.25, 0.3) is 0 Å². The van der Waals surface area contributed by atoms with E-state index >= 15 is 0 Å². The first-order chi connectivity index (χ1) is 10.6. The molecule has 112 valence electrons. The van der Waals surface area contributed by atoms with Gasteiger partial charge in [-0.1, -0.05) is 36.4 Å². The lowest BCUT2D eigenvalue weighted by atomic mass is 9.93. The molecule has 3 nitrogen and oxygen atoms in total. The van der Waals surface area contributed by atoms with Crippen LogP contribution in [0.2, 0.25) is 0 Å². The lowest BCUT2D eigenvalue weighted by molar-refractivity contribution is -0.141. The highest BCUT2D eigenvalue weighted by Gasteiger charge is 2.22. The van der Waals surface area contributed by atoms with Gasteiger partial charge in [0.25, 0.3) is 0 Å². The number of hydrogen-bond acceptors (Lipinski definition) is 3. The van der Waals surface area contributed by atoms with Crippen molar-refractivity contribution >= 4 is 11.8 Å². The molecule has 0 saturated carbocycles. The van der Waals surface area contributed by atoms with Gasteiger partial charge in [0.1, 0.15) is 0 Å². The van der Waals surface area contributed by atoms with Crippen LogP contribution >= 0.6 is 0 Å². The zero-order chi connectivity index (χ0) is 15.7. The molecule has 3 heteroatoms. The van der Waals surface area contributed by atoms with E-state index in [2.05, 4.69) is 6.07 Å². The predicted molar refractivity (Wildman–Crippen MR) is 84.2 cm³/mol. The maximum Gasteiger partial charge on any atom is 0.312 e. The third-order valence-corrected chi connectivity index (χ3v) is 4.34. The van der Waals surface area contributed by atoms with E-state index in [1.165, 1.54) is 12.7 Å². The van der Waals surface area contributed by atoms with Crippen molar-refractivity contribution in [3.63, 3.8) is 0 Å². The SMILES string of the molecule is COC(=O)C(C)c1ccc2c(c1)C(=O)Cc1ccccc1C2. The lowest BCUT2D eigenvalue weighted by Gasteiger charge is -2.12. The molecular weight excluding hydrogens is 276 g/mol. The summed E-state index contributed by atoms with van der Waals surface area (Å²) in [5.74, 6) is -0.545. The van der Waals surface area contributed by atoms with E-state index in [0.717, 1.165) is 28.7 Å². The molecule has 1 unspecified atom stereocenters. The minimum Gasteiger partial charge on any atom is -0.469 e. The van der Waals surface area contributed by atoms with Crippen molar-refractivity contribution < 1.29 is 14.3 Å². The summed E-state index contributed by atoms with van der Waals surface area (Å²) >= 11 is 0. The van der Waals surface area contributed by atoms with Gasteiger partial charge in [-0.15, -0.1) is 0 Å². The Morgan fingerprint density at radius 2 is 1.73 bits per heavy atom. The van der Waals surface area contributed by atoms with Crippen LogP contribution < -0.4 is 0 Å². The number of esters is 1. The Bertz CT molecular complexity index is 746. The molecule has 0 fully saturated rings. The largest absolute Gasteiger partial charge is 0.469 e. The first-order valence-electron chi connectivity index (χ1n) is 7.40. The minimum absolute atomic E-state index is 0.110. The first kappa shape index (κ1) is 14.5. The summed E-state index contributed by atoms with van der Waals surface area (Å²) in [6.45, 7) is 1.80. The highest BCUT2D eigenvalue weighted by Crippen LogP contribution is 2.27. The van der Waals surface area contributed by atoms with Gasteiger partial charge in [0.2, 0.25) is 0 Å². The van der Waals surface area contributed by atoms with E-state index in [1.54, 1.807) is 6.92 Å². The molecule has 0 heterocycles. The number of benzene rings is 2. The molecule has 0 aromatic heterocycles. The second-order valence-corrected chi connectivity index (χ2v) is 5.71. The van der Waals surface area contributed by atoms with Crippen LogP contribution in [0.1, 0.15) is 45.5 Å². The van der Waals surface area contributed by atoms with E-state index in [9.17, 15) is 9.59 Å². The average molecular weight is 294 g/mol. The number of ketones is 1. The van der Waals surface area contributed by atoms with E-state index in [1.807, 2.05) is 36.4 Å². The van der Waals surface area contributed by atoms with Crippen LogP contribution in [0, 0.1) is 0 Å². The molecule has 3 rings (SSSR count). The molecule has 1 atom stereocenters. The Hall–Kier alpha value is -2.42. The van der Waals surface area contributed by atoms with Gasteiger partial charge in [0, 0.05) is 12.0 Å². The monoisotopic (exact) mass is 294 g/mol. The maximum absolute atomic E-state index is 12.6. The zero-order valence-electron chi connectivity index (χ0n) is 12.8. The van der Waals surface area contributed by atoms with Crippen molar-refractivity contribution in [2.24, 2.45) is 0 Å². The third kappa shape index (κ3) is 2.54. The molecule has 1 aliphatic carbocycles. The summed E-state index contributed by atoms with van der Waals surface area (Å²) in [6.07, 6.45) is 1.17. The number of Topliss-reactive ketones (excluding diaryl/α,β-unsaturated/α-hetero) is 1. The summed E-state index contributed by atoms with van der Waals surface area (Å²) in [6, 6.07) is 13.8. The Kier molecular flexibility index (Phi) is 3.80. The fourth-order valence-corrected chi connectivity index (χ4v) is 2.97. The van der Waals surface area contributed by atoms with Crippen LogP contribution in [0.3, 0.4) is 0 Å². The molecule has 0 bridgehead atoms. The molecule has 0 spiro atoms. The van der Waals surface area contributed by atoms with E-state index in [0.29, 0.717) is 6.42 Å². The van der Waals surface area contributed by atoms with Crippen molar-refractivity contribution in [3.05, 3.63) is 70.3 Å². The zero-order valence-corrected chi connectivity index (χ0v) is 12.8. The number of carbonyl (C=O) groups excluding carboxylic acids is 2. The quantitative estimate of drug-likeness (QED) is 0.798. The number of methoxy groups -OCH3 is 1. The molecular formula is C19H18O3. The van der Waals surface area contributed by atoms with Gasteiger partial charge in [-0.05, 0) is 41.7 Å². The van der Waals surface area contributed by atoms with Crippen LogP contribution in [0.5, 0.6) is 0 Å². The van der Waals surface area contributed by atoms with Crippen molar-refractivity contribution in [3.8, 4) is 0 Å². The van der Waals surface area contributed by atoms with E-state index in [4.69, 9.17) is 4.74 Å². The highest BCUT2D eigenvalue weighted by atomic mass is 16.5. The van der Waals surface area contributed by atoms with Crippen molar-refractivity contribution in [1.29, 1.82) is 0 Å². The number of carbonyl (C=O) groups is 2. The summed E-state index contributed by atoms with van der Waals surface area (Å²) in [5, 5.41) is 0. The van der Waals surface area contributed by atoms with Gasteiger partial charge in [-0.2, -0.15) is 0 Å². The van der Waals surface area contributed by atoms with Gasteiger partial charge in [-0.25, -0.2) is 0 Å². The number of hydrogen-bond donors (Lipinski definition) is 0. The summed E-state index contributed by atoms with van der Waals surface area (Å²) in [4.78, 5) is 24.3. The Labute approximate surface area is 129 Å². The average Bonchev–Trinajstić information content (AvgIpc) is 2.68. The second kappa shape index (κ2) is 5.76. The summed E-state index contributed by atoms with van der Waals surface area (Å²) < 4.78 is 4.79. The van der Waals surface area contributed by atoms with Crippen LogP contribution in [-0.4, -0.2) is 18.9 Å². The van der Waals surface area contributed by atoms with Gasteiger partial charge in [0.15, 0.2) is 5.78 Å². The standard InChI is InChI=1S/C19H18O3/c1-12(19(21)22-2)13-7-8-16-9-14-5-3-4-6-15(14)11-18(20)17(16)10-13/h3-8,10,12H,9,11H2,1-2H3. The van der Waals surface area contributed by atoms with E-state index in [-0.39, 0.29) is 17.7 Å². The number of rotatable bonds is 2. The molecule has 0 N–H and O–H groups in total. The summed E-state index contributed by atoms with van der Waals surface area (Å²) in [5.41, 5.74) is 4.86. The topological polar surface area (TPSA) is 43.4 Å². The van der Waals surface area contributed by atoms with Crippen molar-refractivity contribution in [2.45, 2.75) is 25.7 Å². The molecule has 0 saturated heterocycles. The van der Waals surface area contributed by atoms with Gasteiger partial charge >= 0.3 is 5.97 Å². The minimum atomic E-state index is -0.367. The molecule has 0 aliphatic heterocycles. The Balaban J connectivity index is 2.02. The fraction of sp³-hybridized carbons (Fsp3) is 0.263. The number of ether oxygens (including phenoxy) is 1. The van der Waals surface area contributed by atoms with Gasteiger partial charge in [-0.3, -0.25) is 9.59 Å². The first-order valence-corrected chi connectivity index (χ1v) is 7.40. The van der Waals surface area contributed by atoms with Gasteiger partial charge in [0.05, 0.1) is 13.0 Å². The second-order valence-electron chi connectivity index (χ2n) is 5.71. The van der Waals surface area contributed by atoms with Crippen LogP contribution in [0.15, 0.2) is 42.5 Å². The predicted octanol–water partition coefficient (Wildman–Crippen LogP) is 3.29. The molecule has 1 aliphatic rings. The molecule has 2 aromatic rings. The maximum atomic E-state index is 12.6. The van der Waals surface area contributed by atoms with E-state index < -0.39 is 0 Å². The summed E-state index contributed by atoms with van der Waals surface area (Å²) in [7, 11) is 1.38. The number of fused-ring (bicyclic) bond motifs is 2. The van der Waals surface area contributed by atoms with Crippen molar-refractivity contribution in [1.82, 2.24) is 0 Å². The van der Waals surface area contributed by atoms with Crippen LogP contribution in [-0.2, 0) is 22.4 Å². The normalized spacial score (nSPS) is 14.5. The lowest BCUT2D eigenvalue weighted by Crippen LogP contribution is -2.12. The molecule has 2 aromatic carbocycles. The van der Waals surface area contributed by atoms with Crippen molar-refractivity contribution in [2.75, 3.05) is 7.11 Å². The Morgan fingerprint density at radius 1 is 1.05 bits per heavy atom. The smallest absolute Gasteiger partial charge is 0.312 e. The van der Waals surface area contributed by atoms with Gasteiger partial charge < -0.3 is 4.74 Å². The molecule has 0 radical (unpaired) electrons. The molecule has 22 heavy (non-hydrogen) atoms. The third-order valence-electron chi connectivity index (χ3n) is 4.34. The fourth-order valence-electron chi connectivity index (χ4n) is 2.97. The van der Waals surface area contributed by atoms with Crippen LogP contribution in [0.4, 0.5) is 0 Å². The Morgan fingerprint density at radius 3 is 2.41 bits per heavy atom. The highest BCUT2D eigenvalue weighted by molar-refractivity contribution is 6.00.